The minimum absolute atomic E-state index is 0.669. The molecule has 1 rings (SSSR count). The summed E-state index contributed by atoms with van der Waals surface area (Å²) in [6.07, 6.45) is 2.35. The summed E-state index contributed by atoms with van der Waals surface area (Å²) in [5, 5.41) is 3.59. The third kappa shape index (κ3) is 4.65. The second-order valence-corrected chi connectivity index (χ2v) is 3.48. The topological polar surface area (TPSA) is 93.8 Å². The van der Waals surface area contributed by atoms with Crippen LogP contribution in [0.2, 0.25) is 0 Å². The van der Waals surface area contributed by atoms with Gasteiger partial charge in [0, 0.05) is 0 Å². The van der Waals surface area contributed by atoms with Gasteiger partial charge in [0.2, 0.25) is 0 Å². The summed E-state index contributed by atoms with van der Waals surface area (Å²) in [7, 11) is 0. The van der Waals surface area contributed by atoms with Crippen molar-refractivity contribution in [1.82, 2.24) is 5.43 Å². The number of primary amides is 1. The maximum Gasteiger partial charge on any atom is 0.329 e. The Balaban J connectivity index is 2.50. The SMILES string of the molecule is CCCOc1ccc(/C=N\NC(=O)C(N)=O)cc1. The van der Waals surface area contributed by atoms with Crippen molar-refractivity contribution < 1.29 is 14.3 Å². The third-order valence-corrected chi connectivity index (χ3v) is 1.96. The van der Waals surface area contributed by atoms with Crippen molar-refractivity contribution in [2.45, 2.75) is 13.3 Å². The van der Waals surface area contributed by atoms with E-state index in [4.69, 9.17) is 10.5 Å². The van der Waals surface area contributed by atoms with Gasteiger partial charge in [-0.2, -0.15) is 5.10 Å². The van der Waals surface area contributed by atoms with E-state index in [0.717, 1.165) is 17.7 Å². The average Bonchev–Trinajstić information content (AvgIpc) is 2.37. The van der Waals surface area contributed by atoms with Gasteiger partial charge < -0.3 is 10.5 Å². The first-order chi connectivity index (χ1) is 8.63. The van der Waals surface area contributed by atoms with Crippen LogP contribution >= 0.6 is 0 Å². The Morgan fingerprint density at radius 2 is 2.06 bits per heavy atom. The van der Waals surface area contributed by atoms with Crippen LogP contribution in [0.25, 0.3) is 0 Å². The first-order valence-electron chi connectivity index (χ1n) is 5.49. The Hall–Kier alpha value is -2.37. The van der Waals surface area contributed by atoms with E-state index in [1.165, 1.54) is 6.21 Å². The fourth-order valence-corrected chi connectivity index (χ4v) is 1.09. The molecule has 6 nitrogen and oxygen atoms in total. The van der Waals surface area contributed by atoms with Crippen LogP contribution in [0.1, 0.15) is 18.9 Å². The van der Waals surface area contributed by atoms with E-state index >= 15 is 0 Å². The van der Waals surface area contributed by atoms with E-state index in [9.17, 15) is 9.59 Å². The van der Waals surface area contributed by atoms with Gasteiger partial charge in [0.25, 0.3) is 0 Å². The second kappa shape index (κ2) is 7.05. The number of amides is 2. The molecular formula is C12H15N3O3. The standard InChI is InChI=1S/C12H15N3O3/c1-2-7-18-10-5-3-9(4-6-10)8-14-15-12(17)11(13)16/h3-6,8H,2,7H2,1H3,(H2,13,16)(H,15,17)/b14-8-. The number of carbonyl (C=O) groups is 2. The zero-order chi connectivity index (χ0) is 13.4. The molecule has 0 radical (unpaired) electrons. The Labute approximate surface area is 105 Å². The third-order valence-electron chi connectivity index (χ3n) is 1.96. The molecule has 0 atom stereocenters. The molecule has 0 aliphatic rings. The molecule has 6 heteroatoms. The van der Waals surface area contributed by atoms with Crippen molar-refractivity contribution in [3.8, 4) is 5.75 Å². The quantitative estimate of drug-likeness (QED) is 0.449. The van der Waals surface area contributed by atoms with E-state index in [-0.39, 0.29) is 0 Å². The Morgan fingerprint density at radius 3 is 2.61 bits per heavy atom. The summed E-state index contributed by atoms with van der Waals surface area (Å²) in [4.78, 5) is 21.2. The molecule has 0 heterocycles. The number of ether oxygens (including phenoxy) is 1. The second-order valence-electron chi connectivity index (χ2n) is 3.48. The lowest BCUT2D eigenvalue weighted by atomic mass is 10.2. The molecule has 0 fully saturated rings. The molecule has 0 saturated heterocycles. The van der Waals surface area contributed by atoms with Crippen molar-refractivity contribution in [3.05, 3.63) is 29.8 Å². The fourth-order valence-electron chi connectivity index (χ4n) is 1.09. The maximum atomic E-state index is 10.8. The normalized spacial score (nSPS) is 10.3. The van der Waals surface area contributed by atoms with Crippen molar-refractivity contribution in [2.75, 3.05) is 6.61 Å². The van der Waals surface area contributed by atoms with Gasteiger partial charge in [-0.1, -0.05) is 6.92 Å². The predicted octanol–water partition coefficient (Wildman–Crippen LogP) is 0.411. The summed E-state index contributed by atoms with van der Waals surface area (Å²) >= 11 is 0. The molecule has 0 unspecified atom stereocenters. The predicted molar refractivity (Wildman–Crippen MR) is 67.2 cm³/mol. The molecule has 0 spiro atoms. The highest BCUT2D eigenvalue weighted by atomic mass is 16.5. The van der Waals surface area contributed by atoms with Crippen molar-refractivity contribution >= 4 is 18.0 Å². The highest BCUT2D eigenvalue weighted by Gasteiger charge is 2.05. The van der Waals surface area contributed by atoms with Gasteiger partial charge in [0.15, 0.2) is 0 Å². The van der Waals surface area contributed by atoms with Gasteiger partial charge in [-0.05, 0) is 36.2 Å². The molecule has 0 saturated carbocycles. The van der Waals surface area contributed by atoms with Gasteiger partial charge in [0.1, 0.15) is 5.75 Å². The minimum Gasteiger partial charge on any atom is -0.494 e. The highest BCUT2D eigenvalue weighted by Crippen LogP contribution is 2.11. The van der Waals surface area contributed by atoms with Crippen LogP contribution in [-0.2, 0) is 9.59 Å². The average molecular weight is 249 g/mol. The Morgan fingerprint density at radius 1 is 1.39 bits per heavy atom. The van der Waals surface area contributed by atoms with Crippen LogP contribution in [0.3, 0.4) is 0 Å². The van der Waals surface area contributed by atoms with E-state index in [0.29, 0.717) is 6.61 Å². The van der Waals surface area contributed by atoms with E-state index in [1.807, 2.05) is 12.3 Å². The molecule has 3 N–H and O–H groups in total. The Kier molecular flexibility index (Phi) is 5.37. The van der Waals surface area contributed by atoms with Gasteiger partial charge in [-0.3, -0.25) is 9.59 Å². The number of rotatable bonds is 5. The van der Waals surface area contributed by atoms with Crippen LogP contribution in [0, 0.1) is 0 Å². The monoisotopic (exact) mass is 249 g/mol. The lowest BCUT2D eigenvalue weighted by Crippen LogP contribution is -2.32. The van der Waals surface area contributed by atoms with Gasteiger partial charge in [0.05, 0.1) is 12.8 Å². The van der Waals surface area contributed by atoms with E-state index in [1.54, 1.807) is 24.3 Å². The summed E-state index contributed by atoms with van der Waals surface area (Å²) < 4.78 is 5.41. The zero-order valence-electron chi connectivity index (χ0n) is 10.1. The van der Waals surface area contributed by atoms with Gasteiger partial charge >= 0.3 is 11.8 Å². The van der Waals surface area contributed by atoms with Crippen molar-refractivity contribution in [2.24, 2.45) is 10.8 Å². The van der Waals surface area contributed by atoms with E-state index < -0.39 is 11.8 Å². The first-order valence-corrected chi connectivity index (χ1v) is 5.49. The maximum absolute atomic E-state index is 10.8. The van der Waals surface area contributed by atoms with Crippen molar-refractivity contribution in [1.29, 1.82) is 0 Å². The molecule has 0 bridgehead atoms. The van der Waals surface area contributed by atoms with Crippen LogP contribution in [0.5, 0.6) is 5.75 Å². The molecule has 1 aromatic carbocycles. The number of hydrazone groups is 1. The number of hydrogen-bond donors (Lipinski definition) is 2. The highest BCUT2D eigenvalue weighted by molar-refractivity contribution is 6.34. The number of nitrogens with two attached hydrogens (primary N) is 1. The molecule has 0 aromatic heterocycles. The van der Waals surface area contributed by atoms with Gasteiger partial charge in [-0.15, -0.1) is 0 Å². The van der Waals surface area contributed by atoms with Crippen LogP contribution in [0.4, 0.5) is 0 Å². The van der Waals surface area contributed by atoms with E-state index in [2.05, 4.69) is 5.10 Å². The first kappa shape index (κ1) is 13.7. The Bertz CT molecular complexity index is 440. The largest absolute Gasteiger partial charge is 0.494 e. The molecule has 96 valence electrons. The lowest BCUT2D eigenvalue weighted by molar-refractivity contribution is -0.137. The summed E-state index contributed by atoms with van der Waals surface area (Å²) in [5.74, 6) is -1.25. The lowest BCUT2D eigenvalue weighted by Gasteiger charge is -2.03. The van der Waals surface area contributed by atoms with Crippen LogP contribution in [0.15, 0.2) is 29.4 Å². The smallest absolute Gasteiger partial charge is 0.329 e. The van der Waals surface area contributed by atoms with Gasteiger partial charge in [-0.25, -0.2) is 5.43 Å². The fraction of sp³-hybridized carbons (Fsp3) is 0.250. The summed E-state index contributed by atoms with van der Waals surface area (Å²) in [6, 6.07) is 7.16. The summed E-state index contributed by atoms with van der Waals surface area (Å²) in [6.45, 7) is 2.70. The molecule has 0 aliphatic heterocycles. The molecule has 1 aromatic rings. The number of hydrogen-bond acceptors (Lipinski definition) is 4. The van der Waals surface area contributed by atoms with Crippen LogP contribution in [-0.4, -0.2) is 24.6 Å². The van der Waals surface area contributed by atoms with Crippen LogP contribution < -0.4 is 15.9 Å². The summed E-state index contributed by atoms with van der Waals surface area (Å²) in [5.41, 5.74) is 7.51. The molecule has 0 aliphatic carbocycles. The minimum atomic E-state index is -1.07. The number of nitrogens with zero attached hydrogens (tertiary/aromatic N) is 1. The molecular weight excluding hydrogens is 234 g/mol. The number of benzene rings is 1. The number of nitrogens with one attached hydrogen (secondary N) is 1. The van der Waals surface area contributed by atoms with Crippen molar-refractivity contribution in [3.63, 3.8) is 0 Å². The zero-order valence-corrected chi connectivity index (χ0v) is 10.1. The number of carbonyl (C=O) groups excluding carboxylic acids is 2. The molecule has 18 heavy (non-hydrogen) atoms. The molecule has 2 amide bonds.